The lowest BCUT2D eigenvalue weighted by Crippen LogP contribution is -2.55. The number of rotatable bonds is 8. The minimum absolute atomic E-state index is 0. The van der Waals surface area contributed by atoms with Crippen LogP contribution in [0.25, 0.3) is 0 Å². The number of nitrogens with zero attached hydrogens (tertiary/aromatic N) is 2. The molecule has 0 unspecified atom stereocenters. The van der Waals surface area contributed by atoms with Crippen molar-refractivity contribution in [2.75, 3.05) is 40.3 Å². The molecule has 1 heterocycles. The van der Waals surface area contributed by atoms with Gasteiger partial charge in [0.15, 0.2) is 5.96 Å². The van der Waals surface area contributed by atoms with Gasteiger partial charge >= 0.3 is 0 Å². The van der Waals surface area contributed by atoms with Crippen LogP contribution in [0.1, 0.15) is 38.7 Å². The van der Waals surface area contributed by atoms with Gasteiger partial charge in [0.05, 0.1) is 13.7 Å². The van der Waals surface area contributed by atoms with Crippen LogP contribution in [0.5, 0.6) is 5.75 Å². The molecule has 0 spiro atoms. The molecule has 7 nitrogen and oxygen atoms in total. The Hall–Kier alpha value is -1.55. The lowest BCUT2D eigenvalue weighted by molar-refractivity contribution is -0.120. The molecule has 0 atom stereocenters. The molecular weight excluding hydrogens is 481 g/mol. The van der Waals surface area contributed by atoms with E-state index in [-0.39, 0.29) is 42.0 Å². The van der Waals surface area contributed by atoms with Crippen molar-refractivity contribution in [3.63, 3.8) is 0 Å². The summed E-state index contributed by atoms with van der Waals surface area (Å²) in [6, 6.07) is 7.65. The van der Waals surface area contributed by atoms with Gasteiger partial charge in [-0.15, -0.1) is 24.0 Å². The Morgan fingerprint density at radius 2 is 1.76 bits per heavy atom. The minimum Gasteiger partial charge on any atom is -0.497 e. The van der Waals surface area contributed by atoms with Crippen LogP contribution in [0.3, 0.4) is 0 Å². The summed E-state index contributed by atoms with van der Waals surface area (Å²) in [6.45, 7) is 8.24. The fourth-order valence-corrected chi connectivity index (χ4v) is 3.30. The van der Waals surface area contributed by atoms with Crippen LogP contribution in [-0.2, 0) is 11.3 Å². The lowest BCUT2D eigenvalue weighted by atomic mass is 9.98. The highest BCUT2D eigenvalue weighted by molar-refractivity contribution is 14.0. The summed E-state index contributed by atoms with van der Waals surface area (Å²) < 4.78 is 5.14. The molecule has 0 aromatic heterocycles. The van der Waals surface area contributed by atoms with Crippen LogP contribution in [0, 0.1) is 0 Å². The second-order valence-electron chi connectivity index (χ2n) is 7.76. The Balaban J connectivity index is 0.00000420. The predicted octanol–water partition coefficient (Wildman–Crippen LogP) is 2.36. The molecule has 1 amide bonds. The van der Waals surface area contributed by atoms with E-state index in [1.54, 1.807) is 14.2 Å². The number of carbonyl (C=O) groups is 1. The minimum atomic E-state index is -0.0749. The zero-order valence-electron chi connectivity index (χ0n) is 18.1. The van der Waals surface area contributed by atoms with Gasteiger partial charge in [-0.25, -0.2) is 0 Å². The van der Waals surface area contributed by atoms with Crippen molar-refractivity contribution < 1.29 is 9.53 Å². The SMILES string of the molecule is CN=C(NCC(=O)NCc1ccc(OC)cc1)NCC(C)(C)N1CCCCC1.I. The van der Waals surface area contributed by atoms with Crippen LogP contribution >= 0.6 is 24.0 Å². The molecular formula is C21H36IN5O2. The molecule has 1 fully saturated rings. The number of carbonyl (C=O) groups excluding carboxylic acids is 1. The number of methoxy groups -OCH3 is 1. The largest absolute Gasteiger partial charge is 0.497 e. The van der Waals surface area contributed by atoms with Crippen LogP contribution in [0.4, 0.5) is 0 Å². The van der Waals surface area contributed by atoms with E-state index in [1.807, 2.05) is 24.3 Å². The van der Waals surface area contributed by atoms with Crippen molar-refractivity contribution >= 4 is 35.8 Å². The molecule has 1 aliphatic rings. The first kappa shape index (κ1) is 25.5. The summed E-state index contributed by atoms with van der Waals surface area (Å²) in [5.74, 6) is 1.37. The Morgan fingerprint density at radius 3 is 2.34 bits per heavy atom. The number of likely N-dealkylation sites (tertiary alicyclic amines) is 1. The molecule has 0 saturated carbocycles. The number of halogens is 1. The van der Waals surface area contributed by atoms with E-state index in [0.29, 0.717) is 12.5 Å². The number of nitrogens with one attached hydrogen (secondary N) is 3. The first-order valence-corrected chi connectivity index (χ1v) is 10.0. The second kappa shape index (κ2) is 12.9. The molecule has 1 aromatic carbocycles. The number of piperidine rings is 1. The molecule has 29 heavy (non-hydrogen) atoms. The van der Waals surface area contributed by atoms with Gasteiger partial charge in [0, 0.05) is 25.7 Å². The molecule has 164 valence electrons. The number of benzene rings is 1. The van der Waals surface area contributed by atoms with E-state index in [9.17, 15) is 4.79 Å². The summed E-state index contributed by atoms with van der Waals surface area (Å²) in [7, 11) is 3.36. The van der Waals surface area contributed by atoms with Gasteiger partial charge in [0.2, 0.25) is 5.91 Å². The third kappa shape index (κ3) is 8.77. The second-order valence-corrected chi connectivity index (χ2v) is 7.76. The maximum absolute atomic E-state index is 12.1. The maximum atomic E-state index is 12.1. The summed E-state index contributed by atoms with van der Waals surface area (Å²) in [5.41, 5.74) is 1.08. The molecule has 2 rings (SSSR count). The number of guanidine groups is 1. The number of hydrogen-bond acceptors (Lipinski definition) is 4. The molecule has 8 heteroatoms. The average Bonchev–Trinajstić information content (AvgIpc) is 2.73. The molecule has 1 aromatic rings. The highest BCUT2D eigenvalue weighted by Gasteiger charge is 2.27. The molecule has 0 radical (unpaired) electrons. The van der Waals surface area contributed by atoms with Gasteiger partial charge in [-0.05, 0) is 57.5 Å². The lowest BCUT2D eigenvalue weighted by Gasteiger charge is -2.41. The zero-order chi connectivity index (χ0) is 20.4. The number of aliphatic imine (C=N–C) groups is 1. The quantitative estimate of drug-likeness (QED) is 0.281. The average molecular weight is 517 g/mol. The maximum Gasteiger partial charge on any atom is 0.239 e. The molecule has 1 aliphatic heterocycles. The smallest absolute Gasteiger partial charge is 0.239 e. The van der Waals surface area contributed by atoms with Gasteiger partial charge in [-0.1, -0.05) is 18.6 Å². The van der Waals surface area contributed by atoms with Gasteiger partial charge in [0.25, 0.3) is 0 Å². The highest BCUT2D eigenvalue weighted by atomic mass is 127. The van der Waals surface area contributed by atoms with E-state index >= 15 is 0 Å². The normalized spacial score (nSPS) is 15.2. The van der Waals surface area contributed by atoms with Crippen molar-refractivity contribution in [2.45, 2.75) is 45.2 Å². The molecule has 3 N–H and O–H groups in total. The van der Waals surface area contributed by atoms with Crippen LogP contribution < -0.4 is 20.7 Å². The van der Waals surface area contributed by atoms with Gasteiger partial charge < -0.3 is 20.7 Å². The first-order valence-electron chi connectivity index (χ1n) is 10.0. The topological polar surface area (TPSA) is 78.0 Å². The monoisotopic (exact) mass is 517 g/mol. The molecule has 1 saturated heterocycles. The summed E-state index contributed by atoms with van der Waals surface area (Å²) in [5, 5.41) is 9.35. The van der Waals surface area contributed by atoms with Crippen molar-refractivity contribution in [1.82, 2.24) is 20.9 Å². The number of ether oxygens (including phenoxy) is 1. The zero-order valence-corrected chi connectivity index (χ0v) is 20.4. The predicted molar refractivity (Wildman–Crippen MR) is 129 cm³/mol. The van der Waals surface area contributed by atoms with E-state index in [1.165, 1.54) is 19.3 Å². The van der Waals surface area contributed by atoms with E-state index in [4.69, 9.17) is 4.74 Å². The summed E-state index contributed by atoms with van der Waals surface area (Å²) in [6.07, 6.45) is 3.87. The Bertz CT molecular complexity index is 643. The highest BCUT2D eigenvalue weighted by Crippen LogP contribution is 2.19. The van der Waals surface area contributed by atoms with Crippen molar-refractivity contribution in [1.29, 1.82) is 0 Å². The Morgan fingerprint density at radius 1 is 1.10 bits per heavy atom. The Kier molecular flexibility index (Phi) is 11.3. The molecule has 0 aliphatic carbocycles. The summed E-state index contributed by atoms with van der Waals surface area (Å²) in [4.78, 5) is 18.9. The number of hydrogen-bond donors (Lipinski definition) is 3. The van der Waals surface area contributed by atoms with Crippen LogP contribution in [-0.4, -0.2) is 62.6 Å². The van der Waals surface area contributed by atoms with E-state index < -0.39 is 0 Å². The van der Waals surface area contributed by atoms with Gasteiger partial charge in [-0.2, -0.15) is 0 Å². The van der Waals surface area contributed by atoms with Gasteiger partial charge in [0.1, 0.15) is 5.75 Å². The van der Waals surface area contributed by atoms with Crippen LogP contribution in [0.2, 0.25) is 0 Å². The van der Waals surface area contributed by atoms with Crippen molar-refractivity contribution in [3.05, 3.63) is 29.8 Å². The fraction of sp³-hybridized carbons (Fsp3) is 0.619. The van der Waals surface area contributed by atoms with E-state index in [0.717, 1.165) is 30.9 Å². The Labute approximate surface area is 192 Å². The third-order valence-electron chi connectivity index (χ3n) is 5.19. The summed E-state index contributed by atoms with van der Waals surface area (Å²) >= 11 is 0. The first-order chi connectivity index (χ1) is 13.4. The number of amides is 1. The fourth-order valence-electron chi connectivity index (χ4n) is 3.30. The molecule has 0 bridgehead atoms. The standard InChI is InChI=1S/C21H35N5O2.HI/c1-21(2,26-12-6-5-7-13-26)16-25-20(22-3)24-15-19(27)23-14-17-8-10-18(28-4)11-9-17;/h8-11H,5-7,12-16H2,1-4H3,(H,23,27)(H2,22,24,25);1H. The van der Waals surface area contributed by atoms with Crippen molar-refractivity contribution in [2.24, 2.45) is 4.99 Å². The van der Waals surface area contributed by atoms with E-state index in [2.05, 4.69) is 39.7 Å². The van der Waals surface area contributed by atoms with Gasteiger partial charge in [-0.3, -0.25) is 14.7 Å². The third-order valence-corrected chi connectivity index (χ3v) is 5.19. The van der Waals surface area contributed by atoms with Crippen molar-refractivity contribution in [3.8, 4) is 5.75 Å². The van der Waals surface area contributed by atoms with Crippen LogP contribution in [0.15, 0.2) is 29.3 Å².